The second-order valence-electron chi connectivity index (χ2n) is 7.73. The minimum atomic E-state index is 0.0353. The molecule has 0 saturated heterocycles. The van der Waals surface area contributed by atoms with E-state index in [1.807, 2.05) is 37.3 Å². The van der Waals surface area contributed by atoms with E-state index in [2.05, 4.69) is 17.5 Å². The number of aryl methyl sites for hydroxylation is 1. The Labute approximate surface area is 158 Å². The fraction of sp³-hybridized carbons (Fsp3) is 0.429. The first-order valence-electron chi connectivity index (χ1n) is 9.18. The maximum atomic E-state index is 12.4. The molecule has 2 aliphatic rings. The van der Waals surface area contributed by atoms with E-state index in [1.54, 1.807) is 6.21 Å². The number of nitrogens with one attached hydrogen (secondary N) is 1. The van der Waals surface area contributed by atoms with Gasteiger partial charge in [0.05, 0.1) is 6.21 Å². The van der Waals surface area contributed by atoms with Gasteiger partial charge in [-0.25, -0.2) is 5.43 Å². The van der Waals surface area contributed by atoms with Crippen molar-refractivity contribution >= 4 is 23.7 Å². The molecule has 4 rings (SSSR count). The van der Waals surface area contributed by atoms with Gasteiger partial charge in [0.1, 0.15) is 11.5 Å². The molecule has 0 aliphatic heterocycles. The number of hydrogen-bond donors (Lipinski definition) is 1. The molecule has 0 unspecified atom stereocenters. The van der Waals surface area contributed by atoms with Gasteiger partial charge in [-0.05, 0) is 60.9 Å². The molecule has 0 radical (unpaired) electrons. The van der Waals surface area contributed by atoms with E-state index in [0.29, 0.717) is 16.7 Å². The number of benzene rings is 1. The van der Waals surface area contributed by atoms with Crippen molar-refractivity contribution in [3.05, 3.63) is 46.7 Å². The molecule has 1 N–H and O–H groups in total. The summed E-state index contributed by atoms with van der Waals surface area (Å²) in [5.74, 6) is 2.02. The maximum Gasteiger partial charge on any atom is 0.244 e. The van der Waals surface area contributed by atoms with Crippen LogP contribution in [0.4, 0.5) is 0 Å². The summed E-state index contributed by atoms with van der Waals surface area (Å²) in [4.78, 5) is 12.4. The first-order valence-corrected chi connectivity index (χ1v) is 9.56. The van der Waals surface area contributed by atoms with Crippen molar-refractivity contribution in [1.82, 2.24) is 5.43 Å². The van der Waals surface area contributed by atoms with Crippen LogP contribution in [0.1, 0.15) is 43.9 Å². The summed E-state index contributed by atoms with van der Waals surface area (Å²) in [6, 6.07) is 9.43. The quantitative estimate of drug-likeness (QED) is 0.595. The highest BCUT2D eigenvalue weighted by Crippen LogP contribution is 2.66. The predicted octanol–water partition coefficient (Wildman–Crippen LogP) is 5.18. The molecule has 1 heterocycles. The number of halogens is 1. The molecule has 1 aromatic carbocycles. The van der Waals surface area contributed by atoms with Crippen molar-refractivity contribution in [3.8, 4) is 11.3 Å². The number of amides is 1. The molecule has 1 aromatic heterocycles. The SMILES string of the molecule is Cc1ccc(Cl)cc1-c1ccc(/C=N\NC(=O)[C@@H]2[C@@H]3CCCC[C@@]23C)o1. The van der Waals surface area contributed by atoms with E-state index in [-0.39, 0.29) is 17.2 Å². The zero-order valence-electron chi connectivity index (χ0n) is 15.1. The molecule has 1 amide bonds. The van der Waals surface area contributed by atoms with Gasteiger partial charge in [0.2, 0.25) is 5.91 Å². The van der Waals surface area contributed by atoms with E-state index in [1.165, 1.54) is 19.3 Å². The monoisotopic (exact) mass is 370 g/mol. The third kappa shape index (κ3) is 3.07. The van der Waals surface area contributed by atoms with E-state index in [4.69, 9.17) is 16.0 Å². The molecule has 4 nitrogen and oxygen atoms in total. The lowest BCUT2D eigenvalue weighted by atomic mass is 9.90. The van der Waals surface area contributed by atoms with E-state index < -0.39 is 0 Å². The third-order valence-corrected chi connectivity index (χ3v) is 6.31. The van der Waals surface area contributed by atoms with Gasteiger partial charge < -0.3 is 4.42 Å². The predicted molar refractivity (Wildman–Crippen MR) is 103 cm³/mol. The lowest BCUT2D eigenvalue weighted by Crippen LogP contribution is -2.22. The number of carbonyl (C=O) groups is 1. The van der Waals surface area contributed by atoms with E-state index in [0.717, 1.165) is 23.3 Å². The van der Waals surface area contributed by atoms with Gasteiger partial charge in [0, 0.05) is 16.5 Å². The van der Waals surface area contributed by atoms with Gasteiger partial charge in [-0.2, -0.15) is 5.10 Å². The lowest BCUT2D eigenvalue weighted by molar-refractivity contribution is -0.123. The summed E-state index contributed by atoms with van der Waals surface area (Å²) in [7, 11) is 0. The van der Waals surface area contributed by atoms with Crippen LogP contribution >= 0.6 is 11.6 Å². The molecule has 2 saturated carbocycles. The molecule has 26 heavy (non-hydrogen) atoms. The van der Waals surface area contributed by atoms with Crippen LogP contribution < -0.4 is 5.43 Å². The smallest absolute Gasteiger partial charge is 0.244 e. The second kappa shape index (κ2) is 6.58. The molecule has 136 valence electrons. The summed E-state index contributed by atoms with van der Waals surface area (Å²) in [5, 5.41) is 4.76. The Morgan fingerprint density at radius 2 is 2.19 bits per heavy atom. The van der Waals surface area contributed by atoms with Gasteiger partial charge in [0.25, 0.3) is 0 Å². The van der Waals surface area contributed by atoms with E-state index in [9.17, 15) is 4.79 Å². The zero-order valence-corrected chi connectivity index (χ0v) is 15.8. The average Bonchev–Trinajstić information content (AvgIpc) is 2.98. The number of hydrazone groups is 1. The topological polar surface area (TPSA) is 54.6 Å². The van der Waals surface area contributed by atoms with Crippen LogP contribution in [0.5, 0.6) is 0 Å². The highest BCUT2D eigenvalue weighted by Gasteiger charge is 2.64. The number of furan rings is 1. The van der Waals surface area contributed by atoms with Crippen LogP contribution in [0.2, 0.25) is 5.02 Å². The number of fused-ring (bicyclic) bond motifs is 1. The Kier molecular flexibility index (Phi) is 4.39. The average molecular weight is 371 g/mol. The zero-order chi connectivity index (χ0) is 18.3. The summed E-state index contributed by atoms with van der Waals surface area (Å²) < 4.78 is 5.82. The molecule has 2 fully saturated rings. The van der Waals surface area contributed by atoms with Crippen molar-refractivity contribution < 1.29 is 9.21 Å². The van der Waals surface area contributed by atoms with Crippen molar-refractivity contribution in [2.75, 3.05) is 0 Å². The van der Waals surface area contributed by atoms with Crippen molar-refractivity contribution in [1.29, 1.82) is 0 Å². The molecular formula is C21H23ClN2O2. The Morgan fingerprint density at radius 1 is 1.35 bits per heavy atom. The van der Waals surface area contributed by atoms with Crippen LogP contribution in [0.25, 0.3) is 11.3 Å². The molecule has 0 bridgehead atoms. The largest absolute Gasteiger partial charge is 0.455 e. The van der Waals surface area contributed by atoms with Crippen LogP contribution in [0.3, 0.4) is 0 Å². The summed E-state index contributed by atoms with van der Waals surface area (Å²) in [5.41, 5.74) is 4.93. The van der Waals surface area contributed by atoms with Gasteiger partial charge in [-0.15, -0.1) is 0 Å². The number of nitrogens with zero attached hydrogens (tertiary/aromatic N) is 1. The van der Waals surface area contributed by atoms with Gasteiger partial charge in [0.15, 0.2) is 0 Å². The van der Waals surface area contributed by atoms with E-state index >= 15 is 0 Å². The minimum Gasteiger partial charge on any atom is -0.455 e. The standard InChI is InChI=1S/C21H23ClN2O2/c1-13-6-7-14(22)11-16(13)18-9-8-15(26-18)12-23-24-20(25)19-17-5-3-4-10-21(17,19)2/h6-9,11-12,17,19H,3-5,10H2,1-2H3,(H,24,25)/b23-12-/t17-,19-,21+/m0/s1. The highest BCUT2D eigenvalue weighted by molar-refractivity contribution is 6.30. The van der Waals surface area contributed by atoms with Gasteiger partial charge >= 0.3 is 0 Å². The third-order valence-electron chi connectivity index (χ3n) is 6.07. The molecule has 5 heteroatoms. The Balaban J connectivity index is 1.40. The summed E-state index contributed by atoms with van der Waals surface area (Å²) in [6.45, 7) is 4.24. The second-order valence-corrected chi connectivity index (χ2v) is 8.17. The lowest BCUT2D eigenvalue weighted by Gasteiger charge is -2.15. The Bertz CT molecular complexity index is 873. The first kappa shape index (κ1) is 17.3. The first-order chi connectivity index (χ1) is 12.5. The van der Waals surface area contributed by atoms with Crippen molar-refractivity contribution in [2.24, 2.45) is 22.4 Å². The molecule has 2 aromatic rings. The number of carbonyl (C=O) groups excluding carboxylic acids is 1. The van der Waals surface area contributed by atoms with Gasteiger partial charge in [-0.3, -0.25) is 4.79 Å². The van der Waals surface area contributed by atoms with Crippen LogP contribution in [0.15, 0.2) is 39.9 Å². The fourth-order valence-corrected chi connectivity index (χ4v) is 4.68. The van der Waals surface area contributed by atoms with Crippen LogP contribution in [-0.2, 0) is 4.79 Å². The summed E-state index contributed by atoms with van der Waals surface area (Å²) >= 11 is 6.08. The van der Waals surface area contributed by atoms with Gasteiger partial charge in [-0.1, -0.05) is 37.4 Å². The number of rotatable bonds is 4. The minimum absolute atomic E-state index is 0.0353. The van der Waals surface area contributed by atoms with Crippen molar-refractivity contribution in [3.63, 3.8) is 0 Å². The normalized spacial score (nSPS) is 27.3. The highest BCUT2D eigenvalue weighted by atomic mass is 35.5. The fourth-order valence-electron chi connectivity index (χ4n) is 4.51. The molecule has 2 aliphatic carbocycles. The molecule has 0 spiro atoms. The number of hydrogen-bond acceptors (Lipinski definition) is 3. The molecular weight excluding hydrogens is 348 g/mol. The van der Waals surface area contributed by atoms with Crippen LogP contribution in [0, 0.1) is 24.2 Å². The Hall–Kier alpha value is -2.07. The van der Waals surface area contributed by atoms with Crippen molar-refractivity contribution in [2.45, 2.75) is 39.5 Å². The van der Waals surface area contributed by atoms with Crippen LogP contribution in [-0.4, -0.2) is 12.1 Å². The molecule has 3 atom stereocenters. The maximum absolute atomic E-state index is 12.4. The summed E-state index contributed by atoms with van der Waals surface area (Å²) in [6.07, 6.45) is 6.35. The Morgan fingerprint density at radius 3 is 2.96 bits per heavy atom.